The summed E-state index contributed by atoms with van der Waals surface area (Å²) in [5, 5.41) is 1.34. The van der Waals surface area contributed by atoms with Gasteiger partial charge in [-0.25, -0.2) is 4.39 Å². The number of rotatable bonds is 4. The van der Waals surface area contributed by atoms with Gasteiger partial charge in [-0.15, -0.1) is 0 Å². The topological polar surface area (TPSA) is 57.2 Å². The summed E-state index contributed by atoms with van der Waals surface area (Å²) in [7, 11) is 1.63. The van der Waals surface area contributed by atoms with Gasteiger partial charge >= 0.3 is 0 Å². The fraction of sp³-hybridized carbons (Fsp3) is 0.0952. The van der Waals surface area contributed by atoms with Crippen LogP contribution in [0, 0.1) is 5.82 Å². The zero-order chi connectivity index (χ0) is 18.3. The lowest BCUT2D eigenvalue weighted by Gasteiger charge is -2.11. The molecule has 0 atom stereocenters. The van der Waals surface area contributed by atoms with Crippen molar-refractivity contribution in [3.63, 3.8) is 0 Å². The molecule has 0 fully saturated rings. The van der Waals surface area contributed by atoms with E-state index in [4.69, 9.17) is 10.5 Å². The normalized spacial score (nSPS) is 11.2. The first kappa shape index (κ1) is 16.1. The molecule has 0 unspecified atom stereocenters. The average molecular weight is 348 g/mol. The van der Waals surface area contributed by atoms with Gasteiger partial charge in [0.2, 0.25) is 5.91 Å². The Balaban J connectivity index is 2.05. The van der Waals surface area contributed by atoms with E-state index in [1.54, 1.807) is 25.3 Å². The highest BCUT2D eigenvalue weighted by Crippen LogP contribution is 2.33. The number of para-hydroxylation sites is 1. The number of primary amides is 1. The predicted octanol–water partition coefficient (Wildman–Crippen LogP) is 4.09. The highest BCUT2D eigenvalue weighted by atomic mass is 19.1. The molecule has 0 aliphatic rings. The Kier molecular flexibility index (Phi) is 3.84. The molecule has 0 aliphatic carbocycles. The third kappa shape index (κ3) is 2.49. The van der Waals surface area contributed by atoms with E-state index in [1.165, 1.54) is 12.1 Å². The lowest BCUT2D eigenvalue weighted by molar-refractivity contribution is 0.100. The van der Waals surface area contributed by atoms with Crippen molar-refractivity contribution < 1.29 is 13.9 Å². The summed E-state index contributed by atoms with van der Waals surface area (Å²) in [5.41, 5.74) is 8.59. The Morgan fingerprint density at radius 1 is 1.08 bits per heavy atom. The van der Waals surface area contributed by atoms with Crippen molar-refractivity contribution in [2.24, 2.45) is 5.73 Å². The molecule has 130 valence electrons. The minimum Gasteiger partial charge on any atom is -0.496 e. The molecule has 1 heterocycles. The summed E-state index contributed by atoms with van der Waals surface area (Å²) in [6.45, 7) is 0.526. The minimum atomic E-state index is -0.531. The minimum absolute atomic E-state index is 0.354. The van der Waals surface area contributed by atoms with Gasteiger partial charge in [0, 0.05) is 27.4 Å². The first-order valence-electron chi connectivity index (χ1n) is 8.22. The van der Waals surface area contributed by atoms with Crippen LogP contribution in [0.4, 0.5) is 4.39 Å². The maximum Gasteiger partial charge on any atom is 0.249 e. The van der Waals surface area contributed by atoms with Gasteiger partial charge in [-0.2, -0.15) is 0 Å². The van der Waals surface area contributed by atoms with Crippen molar-refractivity contribution in [1.82, 2.24) is 4.57 Å². The fourth-order valence-corrected chi connectivity index (χ4v) is 3.50. The second-order valence-electron chi connectivity index (χ2n) is 6.12. The third-order valence-electron chi connectivity index (χ3n) is 4.64. The van der Waals surface area contributed by atoms with Crippen LogP contribution in [-0.4, -0.2) is 17.6 Å². The van der Waals surface area contributed by atoms with Crippen molar-refractivity contribution >= 4 is 27.7 Å². The molecule has 1 amide bonds. The summed E-state index contributed by atoms with van der Waals surface area (Å²) in [4.78, 5) is 11.9. The molecular weight excluding hydrogens is 331 g/mol. The average Bonchev–Trinajstić information content (AvgIpc) is 2.95. The molecule has 0 saturated heterocycles. The molecule has 4 nitrogen and oxygen atoms in total. The number of benzene rings is 3. The summed E-state index contributed by atoms with van der Waals surface area (Å²) < 4.78 is 21.4. The van der Waals surface area contributed by atoms with Gasteiger partial charge in [-0.1, -0.05) is 24.3 Å². The van der Waals surface area contributed by atoms with Crippen molar-refractivity contribution in [3.8, 4) is 5.75 Å². The second-order valence-corrected chi connectivity index (χ2v) is 6.12. The van der Waals surface area contributed by atoms with Crippen LogP contribution in [0.25, 0.3) is 21.8 Å². The molecule has 0 saturated carbocycles. The number of hydrogen-bond acceptors (Lipinski definition) is 2. The zero-order valence-electron chi connectivity index (χ0n) is 14.2. The van der Waals surface area contributed by atoms with Crippen LogP contribution in [0.5, 0.6) is 5.75 Å². The van der Waals surface area contributed by atoms with Gasteiger partial charge in [-0.3, -0.25) is 4.79 Å². The van der Waals surface area contributed by atoms with E-state index in [2.05, 4.69) is 4.57 Å². The summed E-state index contributed by atoms with van der Waals surface area (Å²) in [6, 6.07) is 17.7. The van der Waals surface area contributed by atoms with E-state index in [0.717, 1.165) is 22.3 Å². The smallest absolute Gasteiger partial charge is 0.249 e. The van der Waals surface area contributed by atoms with Crippen LogP contribution in [0.3, 0.4) is 0 Å². The summed E-state index contributed by atoms with van der Waals surface area (Å²) in [5.74, 6) is -0.111. The van der Waals surface area contributed by atoms with E-state index in [0.29, 0.717) is 22.9 Å². The van der Waals surface area contributed by atoms with E-state index < -0.39 is 5.91 Å². The van der Waals surface area contributed by atoms with Crippen LogP contribution >= 0.6 is 0 Å². The Hall–Kier alpha value is -3.34. The maximum atomic E-state index is 13.9. The van der Waals surface area contributed by atoms with Gasteiger partial charge in [0.25, 0.3) is 0 Å². The Bertz CT molecular complexity index is 1150. The van der Waals surface area contributed by atoms with Crippen molar-refractivity contribution in [3.05, 3.63) is 77.6 Å². The number of hydrogen-bond donors (Lipinski definition) is 1. The lowest BCUT2D eigenvalue weighted by Crippen LogP contribution is -2.11. The number of amides is 1. The lowest BCUT2D eigenvalue weighted by atomic mass is 10.1. The Labute approximate surface area is 149 Å². The van der Waals surface area contributed by atoms with E-state index >= 15 is 0 Å². The number of fused-ring (bicyclic) bond motifs is 3. The molecule has 0 bridgehead atoms. The molecule has 0 spiro atoms. The van der Waals surface area contributed by atoms with E-state index in [9.17, 15) is 9.18 Å². The molecule has 3 aromatic carbocycles. The van der Waals surface area contributed by atoms with Crippen molar-refractivity contribution in [1.29, 1.82) is 0 Å². The monoisotopic (exact) mass is 348 g/mol. The molecule has 1 aromatic heterocycles. The van der Waals surface area contributed by atoms with Crippen LogP contribution in [-0.2, 0) is 6.54 Å². The Morgan fingerprint density at radius 2 is 1.88 bits per heavy atom. The summed E-state index contributed by atoms with van der Waals surface area (Å²) in [6.07, 6.45) is 0. The Morgan fingerprint density at radius 3 is 2.65 bits per heavy atom. The van der Waals surface area contributed by atoms with Crippen molar-refractivity contribution in [2.45, 2.75) is 6.54 Å². The number of ether oxygens (including phenoxy) is 1. The van der Waals surface area contributed by atoms with Gasteiger partial charge < -0.3 is 15.0 Å². The van der Waals surface area contributed by atoms with Gasteiger partial charge in [0.05, 0.1) is 19.2 Å². The molecule has 26 heavy (non-hydrogen) atoms. The quantitative estimate of drug-likeness (QED) is 0.604. The molecule has 0 radical (unpaired) electrons. The number of nitrogens with two attached hydrogens (primary N) is 1. The number of halogens is 1. The second kappa shape index (κ2) is 6.19. The zero-order valence-corrected chi connectivity index (χ0v) is 14.2. The van der Waals surface area contributed by atoms with Gasteiger partial charge in [0.1, 0.15) is 11.6 Å². The third-order valence-corrected chi connectivity index (χ3v) is 4.64. The van der Waals surface area contributed by atoms with E-state index in [-0.39, 0.29) is 5.82 Å². The van der Waals surface area contributed by atoms with Crippen LogP contribution in [0.15, 0.2) is 60.7 Å². The number of carbonyl (C=O) groups is 1. The number of carbonyl (C=O) groups excluding carboxylic acids is 1. The van der Waals surface area contributed by atoms with Gasteiger partial charge in [0.15, 0.2) is 0 Å². The molecule has 4 rings (SSSR count). The number of methoxy groups -OCH3 is 1. The fourth-order valence-electron chi connectivity index (χ4n) is 3.50. The first-order valence-corrected chi connectivity index (χ1v) is 8.22. The van der Waals surface area contributed by atoms with Crippen LogP contribution < -0.4 is 10.5 Å². The van der Waals surface area contributed by atoms with E-state index in [1.807, 2.05) is 30.3 Å². The van der Waals surface area contributed by atoms with Crippen molar-refractivity contribution in [2.75, 3.05) is 7.11 Å². The van der Waals surface area contributed by atoms with Crippen LogP contribution in [0.2, 0.25) is 0 Å². The number of nitrogens with zero attached hydrogens (tertiary/aromatic N) is 1. The SMILES string of the molecule is COc1ccccc1Cn1c2ccc(F)cc2c2c(C(N)=O)cccc21. The molecule has 5 heteroatoms. The molecule has 4 aromatic rings. The van der Waals surface area contributed by atoms with Crippen LogP contribution in [0.1, 0.15) is 15.9 Å². The molecule has 2 N–H and O–H groups in total. The molecule has 0 aliphatic heterocycles. The predicted molar refractivity (Wildman–Crippen MR) is 100 cm³/mol. The molecular formula is C21H17FN2O2. The first-order chi connectivity index (χ1) is 12.6. The van der Waals surface area contributed by atoms with Gasteiger partial charge in [-0.05, 0) is 36.4 Å². The summed E-state index contributed by atoms with van der Waals surface area (Å²) >= 11 is 0. The highest BCUT2D eigenvalue weighted by Gasteiger charge is 2.17. The standard InChI is InChI=1S/C21H17FN2O2/c1-26-19-8-3-2-5-13(19)12-24-17-10-9-14(22)11-16(17)20-15(21(23)25)6-4-7-18(20)24/h2-11H,12H2,1H3,(H2,23,25). The maximum absolute atomic E-state index is 13.9. The number of aromatic nitrogens is 1. The largest absolute Gasteiger partial charge is 0.496 e. The highest BCUT2D eigenvalue weighted by molar-refractivity contribution is 6.17.